The molecule has 0 bridgehead atoms. The first-order valence-corrected chi connectivity index (χ1v) is 20.5. The molecule has 0 unspecified atom stereocenters. The van der Waals surface area contributed by atoms with Crippen molar-refractivity contribution in [2.24, 2.45) is 5.73 Å². The van der Waals surface area contributed by atoms with Gasteiger partial charge in [0.15, 0.2) is 0 Å². The number of esters is 2. The molecular weight excluding hydrogens is 833 g/mol. The number of piperazine rings is 2. The van der Waals surface area contributed by atoms with Crippen LogP contribution in [-0.4, -0.2) is 153 Å². The Labute approximate surface area is 370 Å². The fourth-order valence-corrected chi connectivity index (χ4v) is 6.21. The number of carbonyl (C=O) groups is 7. The number of hydrogen-bond acceptors (Lipinski definition) is 14. The van der Waals surface area contributed by atoms with Crippen molar-refractivity contribution >= 4 is 53.3 Å². The van der Waals surface area contributed by atoms with Crippen LogP contribution in [0.4, 0.5) is 4.79 Å². The maximum Gasteiger partial charge on any atom is 0.413 e. The Morgan fingerprint density at radius 3 is 1.41 bits per heavy atom. The molecular formula is C44H54N8O12. The summed E-state index contributed by atoms with van der Waals surface area (Å²) in [6.07, 6.45) is 0.511. The zero-order valence-corrected chi connectivity index (χ0v) is 35.9. The molecule has 3 aromatic carbocycles. The second-order valence-corrected chi connectivity index (χ2v) is 14.2. The van der Waals surface area contributed by atoms with Gasteiger partial charge in [0, 0.05) is 63.5 Å². The molecule has 5 rings (SSSR count). The average Bonchev–Trinajstić information content (AvgIpc) is 3.31. The summed E-state index contributed by atoms with van der Waals surface area (Å²) in [6, 6.07) is 22.7. The second kappa shape index (κ2) is 25.4. The van der Waals surface area contributed by atoms with Gasteiger partial charge in [-0.2, -0.15) is 0 Å². The topological polar surface area (TPSA) is 264 Å². The zero-order valence-electron chi connectivity index (χ0n) is 35.9. The van der Waals surface area contributed by atoms with Gasteiger partial charge in [0.1, 0.15) is 29.8 Å². The summed E-state index contributed by atoms with van der Waals surface area (Å²) in [4.78, 5) is 88.9. The molecule has 0 saturated carbocycles. The van der Waals surface area contributed by atoms with Crippen molar-refractivity contribution in [2.45, 2.75) is 32.3 Å². The zero-order chi connectivity index (χ0) is 46.4. The number of nitrogens with one attached hydrogen (secondary N) is 3. The Hall–Kier alpha value is -7.51. The van der Waals surface area contributed by atoms with E-state index in [0.29, 0.717) is 87.9 Å². The highest BCUT2D eigenvalue weighted by atomic mass is 16.5. The third-order valence-electron chi connectivity index (χ3n) is 9.85. The first kappa shape index (κ1) is 49.1. The summed E-state index contributed by atoms with van der Waals surface area (Å²) in [5.74, 6) is -2.08. The first-order chi connectivity index (χ1) is 30.8. The van der Waals surface area contributed by atoms with Crippen LogP contribution in [0.25, 0.3) is 0 Å². The number of nitrogens with zero attached hydrogens (tertiary/aromatic N) is 4. The summed E-state index contributed by atoms with van der Waals surface area (Å²) in [6.45, 7) is 3.54. The molecule has 0 radical (unpaired) electrons. The highest BCUT2D eigenvalue weighted by Crippen LogP contribution is 2.15. The minimum Gasteiger partial charge on any atom is -0.494 e. The van der Waals surface area contributed by atoms with Gasteiger partial charge in [0.05, 0.1) is 40.3 Å². The van der Waals surface area contributed by atoms with Gasteiger partial charge in [-0.05, 0) is 66.9 Å². The summed E-state index contributed by atoms with van der Waals surface area (Å²) >= 11 is 0. The number of amidine groups is 2. The number of amides is 5. The average molecular weight is 887 g/mol. The molecule has 5 N–H and O–H groups in total. The van der Waals surface area contributed by atoms with E-state index >= 15 is 0 Å². The van der Waals surface area contributed by atoms with E-state index in [0.717, 1.165) is 5.56 Å². The van der Waals surface area contributed by atoms with Crippen LogP contribution in [0.2, 0.25) is 0 Å². The number of nitrogen functional groups attached to an aromatic ring is 1. The summed E-state index contributed by atoms with van der Waals surface area (Å²) < 4.78 is 25.5. The SMILES string of the molecule is COC(=O)CCN1CCN(CCCOc2ccc(C(=N)N)cc2)C(=O)C1=O.COC(=O)CCN1CCN(CCCOc2ccc(C(=N)NC(=O)OCc3ccccc3)cc2)C(=O)C1=O. The van der Waals surface area contributed by atoms with E-state index in [1.165, 1.54) is 33.8 Å². The lowest BCUT2D eigenvalue weighted by Gasteiger charge is -2.33. The summed E-state index contributed by atoms with van der Waals surface area (Å²) in [5, 5.41) is 17.8. The molecule has 2 saturated heterocycles. The number of benzene rings is 3. The number of rotatable bonds is 20. The van der Waals surface area contributed by atoms with Crippen molar-refractivity contribution in [3.8, 4) is 11.5 Å². The van der Waals surface area contributed by atoms with Crippen LogP contribution in [0.5, 0.6) is 11.5 Å². The quantitative estimate of drug-likeness (QED) is 0.0316. The van der Waals surface area contributed by atoms with Crippen molar-refractivity contribution < 1.29 is 57.2 Å². The minimum absolute atomic E-state index is 0.00421. The van der Waals surface area contributed by atoms with E-state index in [1.807, 2.05) is 30.3 Å². The van der Waals surface area contributed by atoms with E-state index in [4.69, 9.17) is 30.8 Å². The Bertz CT molecular complexity index is 2100. The van der Waals surface area contributed by atoms with Crippen LogP contribution < -0.4 is 20.5 Å². The largest absolute Gasteiger partial charge is 0.494 e. The van der Waals surface area contributed by atoms with Crippen LogP contribution >= 0.6 is 0 Å². The maximum absolute atomic E-state index is 12.3. The molecule has 0 atom stereocenters. The highest BCUT2D eigenvalue weighted by molar-refractivity contribution is 6.35. The van der Waals surface area contributed by atoms with Crippen molar-refractivity contribution in [3.63, 3.8) is 0 Å². The molecule has 2 fully saturated rings. The minimum atomic E-state index is -0.716. The van der Waals surface area contributed by atoms with Gasteiger partial charge in [0.25, 0.3) is 0 Å². The molecule has 0 aliphatic carbocycles. The lowest BCUT2D eigenvalue weighted by Crippen LogP contribution is -2.54. The molecule has 2 aliphatic heterocycles. The molecule has 20 nitrogen and oxygen atoms in total. The predicted octanol–water partition coefficient (Wildman–Crippen LogP) is 1.91. The Kier molecular flexibility index (Phi) is 19.5. The predicted molar refractivity (Wildman–Crippen MR) is 230 cm³/mol. The smallest absolute Gasteiger partial charge is 0.413 e. The van der Waals surface area contributed by atoms with E-state index in [-0.39, 0.29) is 44.2 Å². The van der Waals surface area contributed by atoms with Crippen LogP contribution in [0.1, 0.15) is 42.4 Å². The monoisotopic (exact) mass is 886 g/mol. The molecule has 2 aliphatic rings. The van der Waals surface area contributed by atoms with E-state index in [1.54, 1.807) is 48.5 Å². The molecule has 0 aromatic heterocycles. The molecule has 3 aromatic rings. The van der Waals surface area contributed by atoms with Gasteiger partial charge in [-0.1, -0.05) is 30.3 Å². The van der Waals surface area contributed by atoms with Crippen molar-refractivity contribution in [2.75, 3.05) is 79.8 Å². The van der Waals surface area contributed by atoms with Crippen LogP contribution in [0, 0.1) is 10.8 Å². The van der Waals surface area contributed by atoms with E-state index in [2.05, 4.69) is 14.8 Å². The van der Waals surface area contributed by atoms with Gasteiger partial charge >= 0.3 is 41.7 Å². The molecule has 0 spiro atoms. The van der Waals surface area contributed by atoms with Gasteiger partial charge < -0.3 is 49.0 Å². The number of carbonyl (C=O) groups excluding carboxylic acids is 7. The third-order valence-corrected chi connectivity index (χ3v) is 9.85. The fourth-order valence-electron chi connectivity index (χ4n) is 6.21. The maximum atomic E-state index is 12.3. The van der Waals surface area contributed by atoms with Crippen LogP contribution in [0.15, 0.2) is 78.9 Å². The lowest BCUT2D eigenvalue weighted by molar-refractivity contribution is -0.156. The number of nitrogens with two attached hydrogens (primary N) is 1. The van der Waals surface area contributed by atoms with Crippen molar-refractivity contribution in [1.29, 1.82) is 10.8 Å². The van der Waals surface area contributed by atoms with Crippen LogP contribution in [-0.2, 0) is 49.6 Å². The Morgan fingerprint density at radius 2 is 1.00 bits per heavy atom. The molecule has 64 heavy (non-hydrogen) atoms. The fraction of sp³-hybridized carbons (Fsp3) is 0.386. The number of alkyl carbamates (subject to hydrolysis) is 1. The van der Waals surface area contributed by atoms with E-state index in [9.17, 15) is 33.6 Å². The number of methoxy groups -OCH3 is 2. The van der Waals surface area contributed by atoms with Gasteiger partial charge in [0.2, 0.25) is 0 Å². The molecule has 5 amide bonds. The van der Waals surface area contributed by atoms with Crippen molar-refractivity contribution in [3.05, 3.63) is 95.6 Å². The summed E-state index contributed by atoms with van der Waals surface area (Å²) in [7, 11) is 2.56. The van der Waals surface area contributed by atoms with E-state index < -0.39 is 41.7 Å². The molecule has 20 heteroatoms. The third kappa shape index (κ3) is 15.8. The summed E-state index contributed by atoms with van der Waals surface area (Å²) in [5.41, 5.74) is 7.35. The van der Waals surface area contributed by atoms with Gasteiger partial charge in [-0.15, -0.1) is 0 Å². The highest BCUT2D eigenvalue weighted by Gasteiger charge is 2.33. The van der Waals surface area contributed by atoms with Crippen molar-refractivity contribution in [1.82, 2.24) is 24.9 Å². The standard InChI is InChI=1S/C26H30N4O7.C18H24N4O5/c1-35-22(31)12-14-30-16-15-29(24(32)25(30)33)13-5-17-36-21-10-8-20(9-11-21)23(27)28-26(34)37-18-19-6-3-2-4-7-19;1-26-15(23)7-9-22-11-10-21(17(24)18(22)25)8-2-12-27-14-5-3-13(4-6-14)16(19)20/h2-4,6-11H,5,12-18H2,1H3,(H2,27,28,34);3-6H,2,7-12H2,1H3,(H3,19,20). The molecule has 342 valence electrons. The normalized spacial score (nSPS) is 13.7. The Balaban J connectivity index is 0.000000295. The Morgan fingerprint density at radius 1 is 0.594 bits per heavy atom. The second-order valence-electron chi connectivity index (χ2n) is 14.2. The molecule has 2 heterocycles. The number of hydrogen-bond donors (Lipinski definition) is 4. The number of ether oxygens (including phenoxy) is 5. The first-order valence-electron chi connectivity index (χ1n) is 20.5. The van der Waals surface area contributed by atoms with Crippen LogP contribution in [0.3, 0.4) is 0 Å². The lowest BCUT2D eigenvalue weighted by atomic mass is 10.2. The van der Waals surface area contributed by atoms with Gasteiger partial charge in [-0.25, -0.2) is 4.79 Å². The van der Waals surface area contributed by atoms with Gasteiger partial charge in [-0.3, -0.25) is 44.9 Å².